The summed E-state index contributed by atoms with van der Waals surface area (Å²) in [4.78, 5) is 13.4. The molecule has 17 heavy (non-hydrogen) atoms. The van der Waals surface area contributed by atoms with E-state index < -0.39 is 24.1 Å². The van der Waals surface area contributed by atoms with Crippen molar-refractivity contribution in [1.82, 2.24) is 4.98 Å². The third-order valence-electron chi connectivity index (χ3n) is 1.76. The fourth-order valence-corrected chi connectivity index (χ4v) is 1.07. The second-order valence-corrected chi connectivity index (χ2v) is 3.18. The predicted molar refractivity (Wildman–Crippen MR) is 54.5 cm³/mol. The molecule has 3 N–H and O–H groups in total. The molecule has 0 saturated carbocycles. The zero-order valence-electron chi connectivity index (χ0n) is 8.49. The van der Waals surface area contributed by atoms with Gasteiger partial charge in [0.05, 0.1) is 23.5 Å². The Kier molecular flexibility index (Phi) is 3.71. The lowest BCUT2D eigenvalue weighted by atomic mass is 10.3. The highest BCUT2D eigenvalue weighted by molar-refractivity contribution is 5.52. The summed E-state index contributed by atoms with van der Waals surface area (Å²) in [7, 11) is 0. The van der Waals surface area contributed by atoms with Gasteiger partial charge in [0.2, 0.25) is 0 Å². The van der Waals surface area contributed by atoms with Crippen LogP contribution in [-0.4, -0.2) is 22.6 Å². The summed E-state index contributed by atoms with van der Waals surface area (Å²) in [6.45, 7) is -0.420. The quantitative estimate of drug-likeness (QED) is 0.629. The molecule has 0 aliphatic heterocycles. The van der Waals surface area contributed by atoms with Crippen molar-refractivity contribution in [2.75, 3.05) is 17.6 Å². The molecule has 0 aliphatic carbocycles. The maximum Gasteiger partial charge on any atom is 0.390 e. The number of anilines is 2. The molecule has 0 aromatic carbocycles. The molecule has 94 valence electrons. The first kappa shape index (κ1) is 13.0. The van der Waals surface area contributed by atoms with E-state index in [2.05, 4.69) is 10.3 Å². The van der Waals surface area contributed by atoms with Crippen LogP contribution in [0.5, 0.6) is 0 Å². The number of nitrogens with zero attached hydrogens (tertiary/aromatic N) is 2. The van der Waals surface area contributed by atoms with E-state index in [0.717, 1.165) is 12.1 Å². The van der Waals surface area contributed by atoms with E-state index >= 15 is 0 Å². The number of halogens is 3. The Hall–Kier alpha value is -2.06. The number of aromatic nitrogens is 1. The molecule has 0 radical (unpaired) electrons. The minimum absolute atomic E-state index is 0.0547. The van der Waals surface area contributed by atoms with E-state index in [1.54, 1.807) is 0 Å². The number of nitro groups is 1. The van der Waals surface area contributed by atoms with Crippen molar-refractivity contribution in [1.29, 1.82) is 0 Å². The van der Waals surface area contributed by atoms with Crippen LogP contribution in [0.25, 0.3) is 0 Å². The first-order chi connectivity index (χ1) is 7.78. The Balaban J connectivity index is 2.68. The van der Waals surface area contributed by atoms with Gasteiger partial charge in [-0.05, 0) is 0 Å². The summed E-state index contributed by atoms with van der Waals surface area (Å²) >= 11 is 0. The first-order valence-electron chi connectivity index (χ1n) is 4.50. The van der Waals surface area contributed by atoms with Gasteiger partial charge in [0, 0.05) is 6.54 Å². The van der Waals surface area contributed by atoms with E-state index in [1.165, 1.54) is 0 Å². The van der Waals surface area contributed by atoms with Crippen LogP contribution in [0.15, 0.2) is 12.1 Å². The molecular weight excluding hydrogens is 241 g/mol. The second kappa shape index (κ2) is 4.85. The highest BCUT2D eigenvalue weighted by Gasteiger charge is 2.26. The van der Waals surface area contributed by atoms with Crippen LogP contribution >= 0.6 is 0 Å². The molecule has 6 nitrogen and oxygen atoms in total. The highest BCUT2D eigenvalue weighted by Crippen LogP contribution is 2.21. The number of rotatable bonds is 4. The Morgan fingerprint density at radius 1 is 1.47 bits per heavy atom. The maximum absolute atomic E-state index is 11.9. The fourth-order valence-electron chi connectivity index (χ4n) is 1.07. The Morgan fingerprint density at radius 2 is 2.12 bits per heavy atom. The molecule has 0 bridgehead atoms. The number of nitrogen functional groups attached to an aromatic ring is 1. The average molecular weight is 250 g/mol. The van der Waals surface area contributed by atoms with Gasteiger partial charge in [-0.25, -0.2) is 4.98 Å². The summed E-state index contributed by atoms with van der Waals surface area (Å²) < 4.78 is 35.6. The van der Waals surface area contributed by atoms with Crippen molar-refractivity contribution in [3.63, 3.8) is 0 Å². The van der Waals surface area contributed by atoms with Gasteiger partial charge in [-0.1, -0.05) is 0 Å². The van der Waals surface area contributed by atoms with Gasteiger partial charge in [0.1, 0.15) is 11.6 Å². The highest BCUT2D eigenvalue weighted by atomic mass is 19.4. The molecule has 1 rings (SSSR count). The van der Waals surface area contributed by atoms with Crippen LogP contribution in [0.1, 0.15) is 6.42 Å². The standard InChI is InChI=1S/C8H9F3N4O2/c9-8(10,11)1-2-13-7-4-5(15(16)17)3-6(12)14-7/h3-4H,1-2H2,(H3,12,13,14). The summed E-state index contributed by atoms with van der Waals surface area (Å²) in [5, 5.41) is 12.8. The second-order valence-electron chi connectivity index (χ2n) is 3.18. The first-order valence-corrected chi connectivity index (χ1v) is 4.50. The van der Waals surface area contributed by atoms with E-state index in [1.807, 2.05) is 0 Å². The van der Waals surface area contributed by atoms with E-state index in [0.29, 0.717) is 0 Å². The molecule has 9 heteroatoms. The summed E-state index contributed by atoms with van der Waals surface area (Å²) in [6.07, 6.45) is -5.35. The van der Waals surface area contributed by atoms with E-state index in [9.17, 15) is 23.3 Å². The molecule has 0 amide bonds. The van der Waals surface area contributed by atoms with Crippen molar-refractivity contribution >= 4 is 17.3 Å². The topological polar surface area (TPSA) is 94.1 Å². The smallest absolute Gasteiger partial charge is 0.383 e. The van der Waals surface area contributed by atoms with Crippen molar-refractivity contribution in [3.8, 4) is 0 Å². The van der Waals surface area contributed by atoms with Crippen LogP contribution in [-0.2, 0) is 0 Å². The van der Waals surface area contributed by atoms with Gasteiger partial charge < -0.3 is 11.1 Å². The lowest BCUT2D eigenvalue weighted by Gasteiger charge is -2.08. The number of pyridine rings is 1. The molecule has 0 spiro atoms. The lowest BCUT2D eigenvalue weighted by molar-refractivity contribution is -0.384. The number of alkyl halides is 3. The maximum atomic E-state index is 11.9. The monoisotopic (exact) mass is 250 g/mol. The molecule has 0 saturated heterocycles. The van der Waals surface area contributed by atoms with Gasteiger partial charge in [0.15, 0.2) is 0 Å². The van der Waals surface area contributed by atoms with Gasteiger partial charge in [0.25, 0.3) is 5.69 Å². The minimum Gasteiger partial charge on any atom is -0.383 e. The van der Waals surface area contributed by atoms with Crippen molar-refractivity contribution in [3.05, 3.63) is 22.2 Å². The van der Waals surface area contributed by atoms with Crippen molar-refractivity contribution in [2.45, 2.75) is 12.6 Å². The summed E-state index contributed by atoms with van der Waals surface area (Å²) in [5.74, 6) is -0.186. The Morgan fingerprint density at radius 3 is 2.65 bits per heavy atom. The SMILES string of the molecule is Nc1cc([N+](=O)[O-])cc(NCCC(F)(F)F)n1. The van der Waals surface area contributed by atoms with Crippen LogP contribution in [0.2, 0.25) is 0 Å². The number of hydrogen-bond donors (Lipinski definition) is 2. The molecule has 1 aromatic rings. The van der Waals surface area contributed by atoms with Gasteiger partial charge in [-0.15, -0.1) is 0 Å². The lowest BCUT2D eigenvalue weighted by Crippen LogP contribution is -2.15. The Bertz CT molecular complexity index is 422. The molecule has 1 aromatic heterocycles. The average Bonchev–Trinajstić information content (AvgIpc) is 2.14. The zero-order valence-corrected chi connectivity index (χ0v) is 8.49. The van der Waals surface area contributed by atoms with E-state index in [4.69, 9.17) is 5.73 Å². The number of nitrogens with one attached hydrogen (secondary N) is 1. The minimum atomic E-state index is -4.29. The third-order valence-corrected chi connectivity index (χ3v) is 1.76. The summed E-state index contributed by atoms with van der Waals surface area (Å²) in [6, 6.07) is 2.04. The van der Waals surface area contributed by atoms with Crippen LogP contribution < -0.4 is 11.1 Å². The Labute approximate surface area is 93.8 Å². The molecular formula is C8H9F3N4O2. The van der Waals surface area contributed by atoms with Crippen LogP contribution in [0.3, 0.4) is 0 Å². The zero-order chi connectivity index (χ0) is 13.1. The molecule has 1 heterocycles. The molecule has 0 atom stereocenters. The molecule has 0 unspecified atom stereocenters. The third kappa shape index (κ3) is 4.53. The van der Waals surface area contributed by atoms with Crippen molar-refractivity contribution in [2.24, 2.45) is 0 Å². The molecule has 0 fully saturated rings. The number of nitrogens with two attached hydrogens (primary N) is 1. The van der Waals surface area contributed by atoms with Crippen LogP contribution in [0.4, 0.5) is 30.5 Å². The number of hydrogen-bond acceptors (Lipinski definition) is 5. The molecule has 0 aliphatic rings. The van der Waals surface area contributed by atoms with Gasteiger partial charge in [-0.2, -0.15) is 13.2 Å². The van der Waals surface area contributed by atoms with Crippen molar-refractivity contribution < 1.29 is 18.1 Å². The van der Waals surface area contributed by atoms with E-state index in [-0.39, 0.29) is 17.3 Å². The van der Waals surface area contributed by atoms with Gasteiger partial charge >= 0.3 is 6.18 Å². The van der Waals surface area contributed by atoms with Gasteiger partial charge in [-0.3, -0.25) is 10.1 Å². The normalized spacial score (nSPS) is 11.2. The predicted octanol–water partition coefficient (Wildman–Crippen LogP) is 1.94. The summed E-state index contributed by atoms with van der Waals surface area (Å²) in [5.41, 5.74) is 4.95. The van der Waals surface area contributed by atoms with Crippen LogP contribution in [0, 0.1) is 10.1 Å². The fraction of sp³-hybridized carbons (Fsp3) is 0.375. The largest absolute Gasteiger partial charge is 0.390 e.